The van der Waals surface area contributed by atoms with Crippen molar-refractivity contribution < 1.29 is 64.2 Å². The molecule has 56 heavy (non-hydrogen) atoms. The number of nitrogens with two attached hydrogens (primary N) is 5. The molecule has 19 nitrogen and oxygen atoms in total. The number of aliphatic hydroxyl groups excluding tert-OH is 7. The number of nitrogens with one attached hydrogen (secondary N) is 1. The van der Waals surface area contributed by atoms with Crippen molar-refractivity contribution in [2.24, 2.45) is 28.7 Å². The van der Waals surface area contributed by atoms with Crippen LogP contribution in [0.3, 0.4) is 0 Å². The van der Waals surface area contributed by atoms with Crippen molar-refractivity contribution in [3.05, 3.63) is 35.4 Å². The maximum absolute atomic E-state index is 11.3. The summed E-state index contributed by atoms with van der Waals surface area (Å²) in [6, 6.07) is 4.53. The van der Waals surface area contributed by atoms with Gasteiger partial charge in [-0.2, -0.15) is 0 Å². The van der Waals surface area contributed by atoms with Gasteiger partial charge in [0.1, 0.15) is 67.1 Å². The highest BCUT2D eigenvalue weighted by atomic mass is 16.8. The normalized spacial score (nSPS) is 45.2. The lowest BCUT2D eigenvalue weighted by Gasteiger charge is -2.47. The van der Waals surface area contributed by atoms with E-state index >= 15 is 0 Å². The first-order valence-electron chi connectivity index (χ1n) is 20.0. The van der Waals surface area contributed by atoms with Crippen LogP contribution in [0.4, 0.5) is 0 Å². The number of aliphatic hydroxyl groups is 7. The van der Waals surface area contributed by atoms with Crippen molar-refractivity contribution in [1.82, 2.24) is 5.32 Å². The van der Waals surface area contributed by atoms with Gasteiger partial charge >= 0.3 is 0 Å². The fraction of sp³-hybridized carbons (Fsp3) is 0.838. The first-order valence-corrected chi connectivity index (χ1v) is 20.0. The van der Waals surface area contributed by atoms with Gasteiger partial charge in [-0.15, -0.1) is 0 Å². The van der Waals surface area contributed by atoms with Crippen molar-refractivity contribution in [1.29, 1.82) is 0 Å². The highest BCUT2D eigenvalue weighted by molar-refractivity contribution is 5.26. The van der Waals surface area contributed by atoms with Crippen LogP contribution in [0.5, 0.6) is 0 Å². The fourth-order valence-electron chi connectivity index (χ4n) is 8.59. The lowest BCUT2D eigenvalue weighted by Crippen LogP contribution is -2.68. The summed E-state index contributed by atoms with van der Waals surface area (Å²) in [6.45, 7) is -0.0669. The smallest absolute Gasteiger partial charge is 0.187 e. The topological polar surface area (TPSA) is 339 Å². The Kier molecular flexibility index (Phi) is 15.5. The summed E-state index contributed by atoms with van der Waals surface area (Å²) in [6.07, 6.45) is -12.6. The number of benzene rings is 1. The molecule has 5 aliphatic rings. The zero-order valence-electron chi connectivity index (χ0n) is 31.6. The van der Waals surface area contributed by atoms with Gasteiger partial charge in [0, 0.05) is 25.2 Å². The number of hydrogen-bond donors (Lipinski definition) is 13. The molecule has 1 aromatic carbocycles. The maximum Gasteiger partial charge on any atom is 0.187 e. The molecule has 19 heteroatoms. The molecule has 0 spiro atoms. The molecule has 19 atom stereocenters. The molecule has 3 heterocycles. The van der Waals surface area contributed by atoms with Crippen LogP contribution in [-0.4, -0.2) is 178 Å². The van der Waals surface area contributed by atoms with E-state index in [1.165, 1.54) is 43.2 Å². The van der Waals surface area contributed by atoms with Crippen molar-refractivity contribution in [2.75, 3.05) is 26.2 Å². The third-order valence-electron chi connectivity index (χ3n) is 12.1. The molecule has 1 aromatic rings. The Balaban J connectivity index is 1.07. The van der Waals surface area contributed by atoms with E-state index < -0.39 is 123 Å². The number of hydrogen-bond acceptors (Lipinski definition) is 19. The van der Waals surface area contributed by atoms with E-state index in [0.717, 1.165) is 6.42 Å². The van der Waals surface area contributed by atoms with Crippen LogP contribution in [0.15, 0.2) is 24.3 Å². The quantitative estimate of drug-likeness (QED) is 0.0784. The van der Waals surface area contributed by atoms with Crippen LogP contribution in [0.25, 0.3) is 0 Å². The predicted molar refractivity (Wildman–Crippen MR) is 198 cm³/mol. The van der Waals surface area contributed by atoms with Crippen LogP contribution in [-0.2, 0) is 34.8 Å². The Hall–Kier alpha value is -1.54. The first kappa shape index (κ1) is 44.0. The first-order chi connectivity index (χ1) is 26.8. The van der Waals surface area contributed by atoms with Crippen LogP contribution < -0.4 is 34.0 Å². The molecule has 18 N–H and O–H groups in total. The lowest BCUT2D eigenvalue weighted by molar-refractivity contribution is -0.307. The number of ether oxygens (including phenoxy) is 6. The molecule has 0 amide bonds. The summed E-state index contributed by atoms with van der Waals surface area (Å²) in [5, 5.41) is 78.5. The van der Waals surface area contributed by atoms with Gasteiger partial charge in [-0.3, -0.25) is 0 Å². The molecule has 3 aliphatic heterocycles. The second kappa shape index (κ2) is 19.7. The van der Waals surface area contributed by atoms with Crippen molar-refractivity contribution in [3.63, 3.8) is 0 Å². The summed E-state index contributed by atoms with van der Waals surface area (Å²) in [5.41, 5.74) is 33.3. The third-order valence-corrected chi connectivity index (χ3v) is 12.1. The lowest BCUT2D eigenvalue weighted by atomic mass is 9.84. The summed E-state index contributed by atoms with van der Waals surface area (Å²) >= 11 is 0. The van der Waals surface area contributed by atoms with E-state index in [1.54, 1.807) is 0 Å². The Bertz CT molecular complexity index is 1350. The Labute approximate surface area is 326 Å². The van der Waals surface area contributed by atoms with Crippen molar-refractivity contribution >= 4 is 0 Å². The zero-order valence-corrected chi connectivity index (χ0v) is 31.6. The van der Waals surface area contributed by atoms with Crippen LogP contribution in [0, 0.1) is 0 Å². The second-order valence-electron chi connectivity index (χ2n) is 16.0. The standard InChI is InChI=1S/C37H64N6O13/c38-13-21-27(46)29(48)24(41)35(51-21)55-33-23(15-44)53-37(31(33)50)56-34-26(45)19(39)12-20(40)32(34)54-36-25(42)30(49)28(47)22(52-36)14-43-11-10-16-6-8-18(9-7-16)17-4-2-1-3-5-17/h6-9,17,19-37,43-50H,1-5,10-15,38-42H2/t19-,20+,21?,22-,23-,24-,25-,26+,27-,28-,29-,30-,31-,32-,33-,34-,35-,36-,37+/m1/s1. The fourth-order valence-corrected chi connectivity index (χ4v) is 8.59. The van der Waals surface area contributed by atoms with E-state index in [1.807, 2.05) is 0 Å². The van der Waals surface area contributed by atoms with E-state index in [0.29, 0.717) is 12.5 Å². The van der Waals surface area contributed by atoms with Gasteiger partial charge in [-0.1, -0.05) is 43.5 Å². The summed E-state index contributed by atoms with van der Waals surface area (Å²) in [5.74, 6) is 0.632. The van der Waals surface area contributed by atoms with Gasteiger partial charge < -0.3 is 98.2 Å². The maximum atomic E-state index is 11.3. The Morgan fingerprint density at radius 1 is 0.625 bits per heavy atom. The SMILES string of the molecule is NCC1O[C@H](O[C@H]2[C@@H](O)[C@H](O[C@@H]3[C@@H](O)[C@H](N)C[C@H](N)[C@H]3O[C@H]3O[C@H](CNCCc4ccc(C5CCCCC5)cc4)[C@@H](O)[C@H](O)[C@H]3N)O[C@@H]2CO)[C@H](N)[C@@H](O)[C@@H]1O. The third kappa shape index (κ3) is 9.73. The van der Waals surface area contributed by atoms with E-state index in [9.17, 15) is 35.7 Å². The second-order valence-corrected chi connectivity index (χ2v) is 16.0. The molecule has 1 unspecified atom stereocenters. The molecule has 320 valence electrons. The number of rotatable bonds is 14. The molecule has 2 aliphatic carbocycles. The van der Waals surface area contributed by atoms with Crippen LogP contribution >= 0.6 is 0 Å². The minimum Gasteiger partial charge on any atom is -0.394 e. The Morgan fingerprint density at radius 3 is 1.82 bits per heavy atom. The predicted octanol–water partition coefficient (Wildman–Crippen LogP) is -4.97. The highest BCUT2D eigenvalue weighted by Gasteiger charge is 2.54. The molecule has 3 saturated heterocycles. The summed E-state index contributed by atoms with van der Waals surface area (Å²) in [4.78, 5) is 0. The summed E-state index contributed by atoms with van der Waals surface area (Å²) < 4.78 is 35.8. The van der Waals surface area contributed by atoms with Gasteiger partial charge in [-0.25, -0.2) is 0 Å². The van der Waals surface area contributed by atoms with E-state index in [-0.39, 0.29) is 19.5 Å². The van der Waals surface area contributed by atoms with Crippen molar-refractivity contribution in [3.8, 4) is 0 Å². The average Bonchev–Trinajstić information content (AvgIpc) is 3.50. The van der Waals surface area contributed by atoms with Gasteiger partial charge in [0.2, 0.25) is 0 Å². The minimum atomic E-state index is -1.61. The van der Waals surface area contributed by atoms with Crippen LogP contribution in [0.2, 0.25) is 0 Å². The molecular formula is C37H64N6O13. The highest BCUT2D eigenvalue weighted by Crippen LogP contribution is 2.35. The van der Waals surface area contributed by atoms with Crippen molar-refractivity contribution in [2.45, 2.75) is 167 Å². The zero-order chi connectivity index (χ0) is 40.3. The molecule has 5 fully saturated rings. The molecule has 0 bridgehead atoms. The van der Waals surface area contributed by atoms with Gasteiger partial charge in [0.15, 0.2) is 18.9 Å². The molecule has 0 aromatic heterocycles. The van der Waals surface area contributed by atoms with Gasteiger partial charge in [0.05, 0.1) is 24.8 Å². The van der Waals surface area contributed by atoms with Gasteiger partial charge in [-0.05, 0) is 49.3 Å². The minimum absolute atomic E-state index is 0.0952. The van der Waals surface area contributed by atoms with E-state index in [4.69, 9.17) is 57.1 Å². The van der Waals surface area contributed by atoms with Crippen LogP contribution in [0.1, 0.15) is 55.6 Å². The largest absolute Gasteiger partial charge is 0.394 e. The van der Waals surface area contributed by atoms with E-state index in [2.05, 4.69) is 29.6 Å². The molecular weight excluding hydrogens is 736 g/mol. The molecule has 6 rings (SSSR count). The molecule has 0 radical (unpaired) electrons. The Morgan fingerprint density at radius 2 is 1.20 bits per heavy atom. The summed E-state index contributed by atoms with van der Waals surface area (Å²) in [7, 11) is 0. The molecule has 2 saturated carbocycles. The average molecular weight is 801 g/mol. The monoisotopic (exact) mass is 800 g/mol. The van der Waals surface area contributed by atoms with Gasteiger partial charge in [0.25, 0.3) is 0 Å².